The molecule has 3 heteroatoms. The van der Waals surface area contributed by atoms with Gasteiger partial charge in [-0.15, -0.1) is 0 Å². The Morgan fingerprint density at radius 3 is 2.69 bits per heavy atom. The average molecular weight is 221 g/mol. The van der Waals surface area contributed by atoms with Gasteiger partial charge in [0.1, 0.15) is 5.82 Å². The van der Waals surface area contributed by atoms with Gasteiger partial charge in [0.25, 0.3) is 0 Å². The number of hydrogen-bond donors (Lipinski definition) is 2. The summed E-state index contributed by atoms with van der Waals surface area (Å²) in [5.74, 6) is 1.88. The van der Waals surface area contributed by atoms with Crippen molar-refractivity contribution in [2.75, 3.05) is 0 Å². The second-order valence-electron chi connectivity index (χ2n) is 5.88. The molecule has 1 aromatic rings. The van der Waals surface area contributed by atoms with Gasteiger partial charge in [0, 0.05) is 29.9 Å². The van der Waals surface area contributed by atoms with Gasteiger partial charge in [0.2, 0.25) is 0 Å². The van der Waals surface area contributed by atoms with Gasteiger partial charge in [0.15, 0.2) is 0 Å². The molecule has 2 rings (SSSR count). The molecule has 1 fully saturated rings. The van der Waals surface area contributed by atoms with Gasteiger partial charge < -0.3 is 10.3 Å². The molecular formula is C13H23N3. The van der Waals surface area contributed by atoms with E-state index in [-0.39, 0.29) is 5.54 Å². The quantitative estimate of drug-likeness (QED) is 0.824. The summed E-state index contributed by atoms with van der Waals surface area (Å²) in [5, 5.41) is 3.47. The Hall–Kier alpha value is -0.830. The first kappa shape index (κ1) is 11.6. The van der Waals surface area contributed by atoms with Crippen molar-refractivity contribution in [1.82, 2.24) is 15.3 Å². The number of imidazole rings is 1. The fourth-order valence-electron chi connectivity index (χ4n) is 2.23. The Balaban J connectivity index is 1.91. The lowest BCUT2D eigenvalue weighted by molar-refractivity contribution is 0.421. The molecule has 0 aliphatic heterocycles. The monoisotopic (exact) mass is 221 g/mol. The van der Waals surface area contributed by atoms with Crippen molar-refractivity contribution >= 4 is 0 Å². The molecule has 0 amide bonds. The van der Waals surface area contributed by atoms with Crippen molar-refractivity contribution < 1.29 is 0 Å². The van der Waals surface area contributed by atoms with E-state index in [1.807, 2.05) is 6.20 Å². The molecule has 1 aliphatic rings. The molecule has 90 valence electrons. The van der Waals surface area contributed by atoms with Crippen LogP contribution in [0.1, 0.15) is 63.9 Å². The summed E-state index contributed by atoms with van der Waals surface area (Å²) in [6.45, 7) is 7.42. The molecule has 0 atom stereocenters. The van der Waals surface area contributed by atoms with Gasteiger partial charge in [-0.1, -0.05) is 12.8 Å². The second-order valence-corrected chi connectivity index (χ2v) is 5.88. The third-order valence-electron chi connectivity index (χ3n) is 3.20. The van der Waals surface area contributed by atoms with Crippen LogP contribution in [-0.4, -0.2) is 15.5 Å². The summed E-state index contributed by atoms with van der Waals surface area (Å²) >= 11 is 0. The number of hydrogen-bond acceptors (Lipinski definition) is 2. The van der Waals surface area contributed by atoms with E-state index in [4.69, 9.17) is 0 Å². The molecule has 0 bridgehead atoms. The highest BCUT2D eigenvalue weighted by Gasteiger charge is 2.19. The Morgan fingerprint density at radius 1 is 1.38 bits per heavy atom. The van der Waals surface area contributed by atoms with Crippen LogP contribution in [0.2, 0.25) is 0 Å². The highest BCUT2D eigenvalue weighted by molar-refractivity contribution is 5.07. The maximum absolute atomic E-state index is 4.50. The van der Waals surface area contributed by atoms with E-state index < -0.39 is 0 Å². The largest absolute Gasteiger partial charge is 0.345 e. The zero-order valence-corrected chi connectivity index (χ0v) is 10.6. The highest BCUT2D eigenvalue weighted by atomic mass is 15.0. The van der Waals surface area contributed by atoms with E-state index in [2.05, 4.69) is 36.1 Å². The minimum atomic E-state index is 0.165. The van der Waals surface area contributed by atoms with Gasteiger partial charge in [0.05, 0.1) is 0 Å². The maximum Gasteiger partial charge on any atom is 0.109 e. The Morgan fingerprint density at radius 2 is 2.06 bits per heavy atom. The van der Waals surface area contributed by atoms with E-state index in [1.165, 1.54) is 37.2 Å². The number of nitrogens with one attached hydrogen (secondary N) is 2. The average Bonchev–Trinajstić information content (AvgIpc) is 2.84. The van der Waals surface area contributed by atoms with Crippen molar-refractivity contribution in [2.45, 2.75) is 64.5 Å². The minimum Gasteiger partial charge on any atom is -0.345 e. The van der Waals surface area contributed by atoms with E-state index in [9.17, 15) is 0 Å². The molecule has 0 radical (unpaired) electrons. The van der Waals surface area contributed by atoms with Gasteiger partial charge in [-0.2, -0.15) is 0 Å². The standard InChI is InChI=1S/C13H23N3/c1-13(2,3)15-9-11-8-14-12(16-11)10-6-4-5-7-10/h8,10,15H,4-7,9H2,1-3H3,(H,14,16). The van der Waals surface area contributed by atoms with Gasteiger partial charge >= 0.3 is 0 Å². The van der Waals surface area contributed by atoms with Crippen LogP contribution in [0, 0.1) is 0 Å². The Bertz CT molecular complexity index is 329. The first-order valence-electron chi connectivity index (χ1n) is 6.33. The van der Waals surface area contributed by atoms with Crippen LogP contribution < -0.4 is 5.32 Å². The van der Waals surface area contributed by atoms with E-state index in [0.29, 0.717) is 5.92 Å². The van der Waals surface area contributed by atoms with Crippen LogP contribution in [-0.2, 0) is 6.54 Å². The predicted octanol–water partition coefficient (Wildman–Crippen LogP) is 2.96. The third-order valence-corrected chi connectivity index (χ3v) is 3.20. The number of nitrogens with zero attached hydrogens (tertiary/aromatic N) is 1. The van der Waals surface area contributed by atoms with Gasteiger partial charge in [-0.3, -0.25) is 0 Å². The number of rotatable bonds is 3. The second kappa shape index (κ2) is 4.58. The lowest BCUT2D eigenvalue weighted by Crippen LogP contribution is -2.35. The van der Waals surface area contributed by atoms with E-state index in [1.54, 1.807) is 0 Å². The molecule has 16 heavy (non-hydrogen) atoms. The van der Waals surface area contributed by atoms with E-state index in [0.717, 1.165) is 6.54 Å². The van der Waals surface area contributed by atoms with Crippen molar-refractivity contribution in [3.63, 3.8) is 0 Å². The van der Waals surface area contributed by atoms with Crippen LogP contribution in [0.5, 0.6) is 0 Å². The Labute approximate surface area is 98.1 Å². The van der Waals surface area contributed by atoms with Crippen LogP contribution >= 0.6 is 0 Å². The summed E-state index contributed by atoms with van der Waals surface area (Å²) < 4.78 is 0. The first-order chi connectivity index (χ1) is 7.54. The maximum atomic E-state index is 4.50. The van der Waals surface area contributed by atoms with Crippen LogP contribution in [0.4, 0.5) is 0 Å². The zero-order valence-electron chi connectivity index (χ0n) is 10.6. The molecule has 2 N–H and O–H groups in total. The van der Waals surface area contributed by atoms with Crippen LogP contribution in [0.15, 0.2) is 6.20 Å². The van der Waals surface area contributed by atoms with Crippen molar-refractivity contribution in [1.29, 1.82) is 0 Å². The number of aromatic amines is 1. The number of aromatic nitrogens is 2. The van der Waals surface area contributed by atoms with E-state index >= 15 is 0 Å². The molecular weight excluding hydrogens is 198 g/mol. The lowest BCUT2D eigenvalue weighted by atomic mass is 10.1. The molecule has 1 heterocycles. The predicted molar refractivity (Wildman–Crippen MR) is 66.4 cm³/mol. The van der Waals surface area contributed by atoms with Gasteiger partial charge in [-0.05, 0) is 33.6 Å². The normalized spacial score (nSPS) is 18.2. The fourth-order valence-corrected chi connectivity index (χ4v) is 2.23. The topological polar surface area (TPSA) is 40.7 Å². The van der Waals surface area contributed by atoms with Crippen LogP contribution in [0.25, 0.3) is 0 Å². The van der Waals surface area contributed by atoms with Gasteiger partial charge in [-0.25, -0.2) is 4.98 Å². The molecule has 3 nitrogen and oxygen atoms in total. The molecule has 1 aliphatic carbocycles. The lowest BCUT2D eigenvalue weighted by Gasteiger charge is -2.19. The molecule has 1 aromatic heterocycles. The molecule has 1 saturated carbocycles. The van der Waals surface area contributed by atoms with Crippen LogP contribution in [0.3, 0.4) is 0 Å². The SMILES string of the molecule is CC(C)(C)NCc1cnc(C2CCCC2)[nH]1. The van der Waals surface area contributed by atoms with Crippen molar-refractivity contribution in [2.24, 2.45) is 0 Å². The van der Waals surface area contributed by atoms with Crippen molar-refractivity contribution in [3.8, 4) is 0 Å². The summed E-state index contributed by atoms with van der Waals surface area (Å²) in [6, 6.07) is 0. The summed E-state index contributed by atoms with van der Waals surface area (Å²) in [5.41, 5.74) is 1.37. The summed E-state index contributed by atoms with van der Waals surface area (Å²) in [4.78, 5) is 7.96. The minimum absolute atomic E-state index is 0.165. The summed E-state index contributed by atoms with van der Waals surface area (Å²) in [7, 11) is 0. The third kappa shape index (κ3) is 3.08. The molecule has 0 saturated heterocycles. The molecule has 0 unspecified atom stereocenters. The first-order valence-corrected chi connectivity index (χ1v) is 6.33. The zero-order chi connectivity index (χ0) is 11.6. The molecule has 0 aromatic carbocycles. The number of H-pyrrole nitrogens is 1. The Kier molecular flexibility index (Phi) is 3.33. The smallest absolute Gasteiger partial charge is 0.109 e. The summed E-state index contributed by atoms with van der Waals surface area (Å²) in [6.07, 6.45) is 7.31. The highest BCUT2D eigenvalue weighted by Crippen LogP contribution is 2.32. The van der Waals surface area contributed by atoms with Crippen molar-refractivity contribution in [3.05, 3.63) is 17.7 Å². The molecule has 0 spiro atoms. The fraction of sp³-hybridized carbons (Fsp3) is 0.769.